The van der Waals surface area contributed by atoms with Gasteiger partial charge in [-0.1, -0.05) is 55.3 Å². The van der Waals surface area contributed by atoms with Crippen LogP contribution in [0.2, 0.25) is 5.02 Å². The number of carbonyl (C=O) groups excluding carboxylic acids is 2. The molecule has 218 valence electrons. The fourth-order valence-electron chi connectivity index (χ4n) is 4.34. The molecule has 2 amide bonds. The van der Waals surface area contributed by atoms with Crippen LogP contribution in [0.3, 0.4) is 0 Å². The van der Waals surface area contributed by atoms with Gasteiger partial charge in [0.1, 0.15) is 25.8 Å². The third kappa shape index (κ3) is 7.51. The lowest BCUT2D eigenvalue weighted by molar-refractivity contribution is -0.139. The molecule has 0 radical (unpaired) electrons. The number of amides is 2. The minimum atomic E-state index is -4.18. The Morgan fingerprint density at radius 1 is 0.976 bits per heavy atom. The average molecular weight is 600 g/mol. The number of hydrogen-bond acceptors (Lipinski definition) is 6. The van der Waals surface area contributed by atoms with Crippen molar-refractivity contribution in [2.24, 2.45) is 0 Å². The van der Waals surface area contributed by atoms with Crippen LogP contribution in [0, 0.1) is 0 Å². The molecule has 0 saturated carbocycles. The van der Waals surface area contributed by atoms with Crippen LogP contribution >= 0.6 is 11.6 Å². The minimum absolute atomic E-state index is 0.0253. The van der Waals surface area contributed by atoms with Gasteiger partial charge in [0.25, 0.3) is 10.0 Å². The van der Waals surface area contributed by atoms with Gasteiger partial charge in [-0.3, -0.25) is 13.9 Å². The fourth-order valence-corrected chi connectivity index (χ4v) is 5.89. The first-order chi connectivity index (χ1) is 19.7. The number of rotatable bonds is 12. The van der Waals surface area contributed by atoms with Gasteiger partial charge in [-0.25, -0.2) is 8.42 Å². The molecular weight excluding hydrogens is 566 g/mol. The molecule has 11 heteroatoms. The van der Waals surface area contributed by atoms with E-state index in [1.807, 2.05) is 6.92 Å². The Hall–Kier alpha value is -3.76. The fraction of sp³-hybridized carbons (Fsp3) is 0.333. The zero-order valence-electron chi connectivity index (χ0n) is 23.1. The highest BCUT2D eigenvalue weighted by Crippen LogP contribution is 2.36. The smallest absolute Gasteiger partial charge is 0.264 e. The van der Waals surface area contributed by atoms with Gasteiger partial charge in [0.15, 0.2) is 11.5 Å². The lowest BCUT2D eigenvalue weighted by atomic mass is 10.1. The predicted octanol–water partition coefficient (Wildman–Crippen LogP) is 4.64. The molecule has 1 aliphatic heterocycles. The molecule has 1 atom stereocenters. The predicted molar refractivity (Wildman–Crippen MR) is 158 cm³/mol. The minimum Gasteiger partial charge on any atom is -0.486 e. The van der Waals surface area contributed by atoms with E-state index in [2.05, 4.69) is 5.32 Å². The summed E-state index contributed by atoms with van der Waals surface area (Å²) in [6.07, 6.45) is 1.71. The van der Waals surface area contributed by atoms with Crippen molar-refractivity contribution in [1.29, 1.82) is 0 Å². The lowest BCUT2D eigenvalue weighted by Gasteiger charge is -2.32. The number of sulfonamides is 1. The van der Waals surface area contributed by atoms with Crippen molar-refractivity contribution in [2.75, 3.05) is 30.6 Å². The number of hydrogen-bond donors (Lipinski definition) is 1. The summed E-state index contributed by atoms with van der Waals surface area (Å²) in [7, 11) is -4.18. The van der Waals surface area contributed by atoms with Crippen molar-refractivity contribution in [3.8, 4) is 11.5 Å². The van der Waals surface area contributed by atoms with E-state index in [4.69, 9.17) is 21.1 Å². The van der Waals surface area contributed by atoms with Crippen LogP contribution in [0.25, 0.3) is 0 Å². The molecular formula is C30H34ClN3O6S. The highest BCUT2D eigenvalue weighted by atomic mass is 35.5. The molecule has 0 aliphatic carbocycles. The summed E-state index contributed by atoms with van der Waals surface area (Å²) in [6, 6.07) is 18.7. The number of carbonyl (C=O) groups is 2. The molecule has 0 saturated heterocycles. The van der Waals surface area contributed by atoms with E-state index in [0.29, 0.717) is 36.3 Å². The maximum absolute atomic E-state index is 14.0. The van der Waals surface area contributed by atoms with Gasteiger partial charge in [0, 0.05) is 24.2 Å². The summed E-state index contributed by atoms with van der Waals surface area (Å²) in [6.45, 7) is 4.37. The second-order valence-corrected chi connectivity index (χ2v) is 11.9. The van der Waals surface area contributed by atoms with E-state index in [0.717, 1.165) is 22.7 Å². The van der Waals surface area contributed by atoms with Gasteiger partial charge >= 0.3 is 0 Å². The van der Waals surface area contributed by atoms with E-state index >= 15 is 0 Å². The normalized spacial score (nSPS) is 13.2. The maximum Gasteiger partial charge on any atom is 0.264 e. The Labute approximate surface area is 246 Å². The number of fused-ring (bicyclic) bond motifs is 1. The Morgan fingerprint density at radius 3 is 2.34 bits per heavy atom. The molecule has 0 unspecified atom stereocenters. The largest absolute Gasteiger partial charge is 0.486 e. The number of halogens is 1. The van der Waals surface area contributed by atoms with Crippen molar-refractivity contribution in [3.63, 3.8) is 0 Å². The number of benzene rings is 3. The number of ether oxygens (including phenoxy) is 2. The summed E-state index contributed by atoms with van der Waals surface area (Å²) in [5.74, 6) is 0.00585. The molecule has 0 spiro atoms. The van der Waals surface area contributed by atoms with Crippen LogP contribution in [0.5, 0.6) is 11.5 Å². The van der Waals surface area contributed by atoms with E-state index in [1.54, 1.807) is 67.6 Å². The molecule has 4 rings (SSSR count). The van der Waals surface area contributed by atoms with Crippen molar-refractivity contribution in [1.82, 2.24) is 10.2 Å². The number of unbranched alkanes of at least 4 members (excludes halogenated alkanes) is 1. The van der Waals surface area contributed by atoms with Gasteiger partial charge < -0.3 is 19.7 Å². The third-order valence-electron chi connectivity index (χ3n) is 6.69. The SMILES string of the molecule is CCCCNC(=O)[C@H](C)N(Cc1ccc(Cl)cc1)C(=O)CN(c1ccc2c(c1)OCCO2)S(=O)(=O)c1ccccc1. The molecule has 3 aromatic carbocycles. The first kappa shape index (κ1) is 30.2. The summed E-state index contributed by atoms with van der Waals surface area (Å²) < 4.78 is 40.2. The molecule has 41 heavy (non-hydrogen) atoms. The molecule has 1 heterocycles. The summed E-state index contributed by atoms with van der Waals surface area (Å²) in [4.78, 5) is 28.5. The highest BCUT2D eigenvalue weighted by molar-refractivity contribution is 7.92. The van der Waals surface area contributed by atoms with Gasteiger partial charge in [-0.05, 0) is 55.3 Å². The Morgan fingerprint density at radius 2 is 1.66 bits per heavy atom. The van der Waals surface area contributed by atoms with Crippen molar-refractivity contribution < 1.29 is 27.5 Å². The summed E-state index contributed by atoms with van der Waals surface area (Å²) in [5.41, 5.74) is 0.978. The zero-order chi connectivity index (χ0) is 29.4. The van der Waals surface area contributed by atoms with E-state index in [-0.39, 0.29) is 23.0 Å². The Kier molecular flexibility index (Phi) is 10.1. The Balaban J connectivity index is 1.70. The van der Waals surface area contributed by atoms with Crippen molar-refractivity contribution >= 4 is 39.1 Å². The first-order valence-electron chi connectivity index (χ1n) is 13.5. The Bertz CT molecular complexity index is 1450. The molecule has 1 aliphatic rings. The standard InChI is InChI=1S/C30H34ClN3O6S/c1-3-4-16-32-30(36)22(2)33(20-23-10-12-24(31)13-11-23)29(35)21-34(41(37,38)26-8-6-5-7-9-26)25-14-15-27-28(19-25)40-18-17-39-27/h5-15,19,22H,3-4,16-18,20-21H2,1-2H3,(H,32,36)/t22-/m0/s1. The van der Waals surface area contributed by atoms with Crippen LogP contribution in [0.1, 0.15) is 32.3 Å². The monoisotopic (exact) mass is 599 g/mol. The van der Waals surface area contributed by atoms with Crippen LogP contribution in [-0.2, 0) is 26.2 Å². The van der Waals surface area contributed by atoms with Gasteiger partial charge in [-0.2, -0.15) is 0 Å². The molecule has 0 bridgehead atoms. The van der Waals surface area contributed by atoms with E-state index in [9.17, 15) is 18.0 Å². The topological polar surface area (TPSA) is 105 Å². The molecule has 1 N–H and O–H groups in total. The average Bonchev–Trinajstić information content (AvgIpc) is 2.99. The van der Waals surface area contributed by atoms with Gasteiger partial charge in [0.05, 0.1) is 10.6 Å². The maximum atomic E-state index is 14.0. The summed E-state index contributed by atoms with van der Waals surface area (Å²) >= 11 is 6.05. The van der Waals surface area contributed by atoms with E-state index in [1.165, 1.54) is 17.0 Å². The van der Waals surface area contributed by atoms with Crippen molar-refractivity contribution in [3.05, 3.63) is 83.4 Å². The van der Waals surface area contributed by atoms with E-state index < -0.39 is 28.5 Å². The number of anilines is 1. The van der Waals surface area contributed by atoms with Crippen LogP contribution in [0.15, 0.2) is 77.7 Å². The second-order valence-electron chi connectivity index (χ2n) is 9.62. The first-order valence-corrected chi connectivity index (χ1v) is 15.3. The molecule has 3 aromatic rings. The van der Waals surface area contributed by atoms with Gasteiger partial charge in [0.2, 0.25) is 11.8 Å². The third-order valence-corrected chi connectivity index (χ3v) is 8.73. The second kappa shape index (κ2) is 13.7. The van der Waals surface area contributed by atoms with Crippen LogP contribution in [0.4, 0.5) is 5.69 Å². The lowest BCUT2D eigenvalue weighted by Crippen LogP contribution is -2.51. The highest BCUT2D eigenvalue weighted by Gasteiger charge is 2.33. The molecule has 0 fully saturated rings. The zero-order valence-corrected chi connectivity index (χ0v) is 24.7. The number of nitrogens with one attached hydrogen (secondary N) is 1. The van der Waals surface area contributed by atoms with Crippen molar-refractivity contribution in [2.45, 2.75) is 44.2 Å². The quantitative estimate of drug-likeness (QED) is 0.304. The molecule has 0 aromatic heterocycles. The van der Waals surface area contributed by atoms with Crippen LogP contribution < -0.4 is 19.1 Å². The number of nitrogens with zero attached hydrogens (tertiary/aromatic N) is 2. The van der Waals surface area contributed by atoms with Crippen LogP contribution in [-0.4, -0.2) is 57.5 Å². The van der Waals surface area contributed by atoms with Gasteiger partial charge in [-0.15, -0.1) is 0 Å². The molecule has 9 nitrogen and oxygen atoms in total. The summed E-state index contributed by atoms with van der Waals surface area (Å²) in [5, 5.41) is 3.41.